The van der Waals surface area contributed by atoms with Gasteiger partial charge in [-0.15, -0.1) is 0 Å². The predicted octanol–water partition coefficient (Wildman–Crippen LogP) is 6.24. The van der Waals surface area contributed by atoms with E-state index in [0.29, 0.717) is 28.8 Å². The zero-order chi connectivity index (χ0) is 20.1. The van der Waals surface area contributed by atoms with Crippen molar-refractivity contribution in [2.45, 2.75) is 52.5 Å². The molecule has 0 spiro atoms. The third kappa shape index (κ3) is 5.63. The summed E-state index contributed by atoms with van der Waals surface area (Å²) in [5.41, 5.74) is 4.28. The number of nitrogens with one attached hydrogen (secondary N) is 1. The van der Waals surface area contributed by atoms with Crippen molar-refractivity contribution in [2.75, 3.05) is 7.11 Å². The topological polar surface area (TPSA) is 38.3 Å². The lowest BCUT2D eigenvalue weighted by molar-refractivity contribution is -0.121. The van der Waals surface area contributed by atoms with Gasteiger partial charge in [0.1, 0.15) is 5.75 Å². The molecule has 27 heavy (non-hydrogen) atoms. The summed E-state index contributed by atoms with van der Waals surface area (Å²) in [5.74, 6) is 1.23. The van der Waals surface area contributed by atoms with Gasteiger partial charge in [0.2, 0.25) is 5.91 Å². The Morgan fingerprint density at radius 1 is 1.11 bits per heavy atom. The molecule has 0 fully saturated rings. The van der Waals surface area contributed by atoms with Crippen LogP contribution in [-0.2, 0) is 11.2 Å². The van der Waals surface area contributed by atoms with E-state index in [2.05, 4.69) is 25.2 Å². The second-order valence-electron chi connectivity index (χ2n) is 7.13. The first-order valence-corrected chi connectivity index (χ1v) is 9.90. The number of rotatable bonds is 7. The Kier molecular flexibility index (Phi) is 7.58. The lowest BCUT2D eigenvalue weighted by atomic mass is 9.93. The van der Waals surface area contributed by atoms with E-state index in [1.165, 1.54) is 0 Å². The lowest BCUT2D eigenvalue weighted by Crippen LogP contribution is -2.27. The number of carbonyl (C=O) groups excluding carboxylic acids is 1. The molecule has 0 heterocycles. The Morgan fingerprint density at radius 2 is 1.81 bits per heavy atom. The smallest absolute Gasteiger partial charge is 0.220 e. The summed E-state index contributed by atoms with van der Waals surface area (Å²) in [6, 6.07) is 9.45. The Morgan fingerprint density at radius 3 is 2.41 bits per heavy atom. The summed E-state index contributed by atoms with van der Waals surface area (Å²) in [4.78, 5) is 12.4. The number of hydrogen-bond acceptors (Lipinski definition) is 2. The van der Waals surface area contributed by atoms with Crippen molar-refractivity contribution in [2.24, 2.45) is 0 Å². The molecule has 0 aliphatic carbocycles. The zero-order valence-corrected chi connectivity index (χ0v) is 18.0. The van der Waals surface area contributed by atoms with Crippen molar-refractivity contribution in [3.05, 3.63) is 62.6 Å². The molecule has 0 aromatic heterocycles. The normalized spacial score (nSPS) is 12.1. The van der Waals surface area contributed by atoms with E-state index < -0.39 is 0 Å². The maximum atomic E-state index is 12.4. The Bertz CT molecular complexity index is 818. The molecule has 0 bridgehead atoms. The van der Waals surface area contributed by atoms with E-state index >= 15 is 0 Å². The second-order valence-corrected chi connectivity index (χ2v) is 7.97. The fourth-order valence-electron chi connectivity index (χ4n) is 3.17. The number of methoxy groups -OCH3 is 1. The lowest BCUT2D eigenvalue weighted by Gasteiger charge is -2.21. The molecule has 0 saturated carbocycles. The van der Waals surface area contributed by atoms with Crippen molar-refractivity contribution in [1.82, 2.24) is 5.32 Å². The van der Waals surface area contributed by atoms with Gasteiger partial charge in [0.15, 0.2) is 0 Å². The fraction of sp³-hybridized carbons (Fsp3) is 0.409. The summed E-state index contributed by atoms with van der Waals surface area (Å²) in [7, 11) is 1.69. The average Bonchev–Trinajstić information content (AvgIpc) is 2.60. The second kappa shape index (κ2) is 9.48. The minimum absolute atomic E-state index is 0.00479. The Labute approximate surface area is 172 Å². The van der Waals surface area contributed by atoms with Crippen LogP contribution in [0.25, 0.3) is 0 Å². The molecule has 5 heteroatoms. The van der Waals surface area contributed by atoms with Crippen LogP contribution in [0.1, 0.15) is 61.4 Å². The molecule has 3 nitrogen and oxygen atoms in total. The van der Waals surface area contributed by atoms with Crippen LogP contribution in [-0.4, -0.2) is 13.0 Å². The quantitative estimate of drug-likeness (QED) is 0.589. The van der Waals surface area contributed by atoms with Gasteiger partial charge in [0, 0.05) is 16.5 Å². The highest BCUT2D eigenvalue weighted by Gasteiger charge is 2.17. The number of ether oxygens (including phenoxy) is 1. The van der Waals surface area contributed by atoms with E-state index in [0.717, 1.165) is 28.0 Å². The standard InChI is InChI=1S/C22H27Cl2NO2/c1-13(2)18-12-19(14(3)10-21(18)27-5)15(4)25-22(26)9-7-16-6-8-17(23)11-20(16)24/h6,8,10-13,15H,7,9H2,1-5H3,(H,25,26)/t15-/m1/s1. The van der Waals surface area contributed by atoms with E-state index in [1.54, 1.807) is 19.2 Å². The van der Waals surface area contributed by atoms with Crippen LogP contribution in [0.5, 0.6) is 5.75 Å². The third-order valence-electron chi connectivity index (χ3n) is 4.72. The van der Waals surface area contributed by atoms with Gasteiger partial charge in [-0.1, -0.05) is 43.1 Å². The zero-order valence-electron chi connectivity index (χ0n) is 16.5. The van der Waals surface area contributed by atoms with E-state index in [-0.39, 0.29) is 11.9 Å². The van der Waals surface area contributed by atoms with Crippen LogP contribution < -0.4 is 10.1 Å². The summed E-state index contributed by atoms with van der Waals surface area (Å²) in [6.07, 6.45) is 0.950. The summed E-state index contributed by atoms with van der Waals surface area (Å²) in [5, 5.41) is 4.28. The minimum atomic E-state index is -0.0819. The van der Waals surface area contributed by atoms with Crippen LogP contribution in [0, 0.1) is 6.92 Å². The molecule has 0 aliphatic rings. The highest BCUT2D eigenvalue weighted by molar-refractivity contribution is 6.35. The maximum absolute atomic E-state index is 12.4. The molecule has 0 unspecified atom stereocenters. The van der Waals surface area contributed by atoms with Crippen molar-refractivity contribution < 1.29 is 9.53 Å². The van der Waals surface area contributed by atoms with Crippen molar-refractivity contribution in [3.63, 3.8) is 0 Å². The van der Waals surface area contributed by atoms with E-state index in [9.17, 15) is 4.79 Å². The molecule has 0 aliphatic heterocycles. The number of amides is 1. The first-order valence-electron chi connectivity index (χ1n) is 9.14. The SMILES string of the molecule is COc1cc(C)c([C@@H](C)NC(=O)CCc2ccc(Cl)cc2Cl)cc1C(C)C. The first kappa shape index (κ1) is 21.6. The molecule has 1 N–H and O–H groups in total. The highest BCUT2D eigenvalue weighted by Crippen LogP contribution is 2.32. The summed E-state index contributed by atoms with van der Waals surface area (Å²) < 4.78 is 5.50. The first-order chi connectivity index (χ1) is 12.7. The van der Waals surface area contributed by atoms with Crippen molar-refractivity contribution in [3.8, 4) is 5.75 Å². The average molecular weight is 408 g/mol. The van der Waals surface area contributed by atoms with Gasteiger partial charge in [0.05, 0.1) is 13.2 Å². The van der Waals surface area contributed by atoms with Crippen LogP contribution in [0.2, 0.25) is 10.0 Å². The monoisotopic (exact) mass is 407 g/mol. The molecular formula is C22H27Cl2NO2. The van der Waals surface area contributed by atoms with Crippen molar-refractivity contribution in [1.29, 1.82) is 0 Å². The number of halogens is 2. The van der Waals surface area contributed by atoms with Gasteiger partial charge < -0.3 is 10.1 Å². The van der Waals surface area contributed by atoms with Gasteiger partial charge in [-0.3, -0.25) is 4.79 Å². The van der Waals surface area contributed by atoms with Gasteiger partial charge in [-0.05, 0) is 72.7 Å². The predicted molar refractivity (Wildman–Crippen MR) is 113 cm³/mol. The molecule has 146 valence electrons. The minimum Gasteiger partial charge on any atom is -0.496 e. The number of benzene rings is 2. The van der Waals surface area contributed by atoms with E-state index in [4.69, 9.17) is 27.9 Å². The molecule has 2 rings (SSSR count). The molecule has 0 radical (unpaired) electrons. The number of aryl methyl sites for hydroxylation is 2. The molecule has 2 aromatic rings. The Balaban J connectivity index is 2.06. The van der Waals surface area contributed by atoms with Crippen LogP contribution >= 0.6 is 23.2 Å². The summed E-state index contributed by atoms with van der Waals surface area (Å²) in [6.45, 7) is 8.32. The van der Waals surface area contributed by atoms with E-state index in [1.807, 2.05) is 26.0 Å². The fourth-order valence-corrected chi connectivity index (χ4v) is 3.68. The summed E-state index contributed by atoms with van der Waals surface area (Å²) >= 11 is 12.1. The molecule has 1 amide bonds. The van der Waals surface area contributed by atoms with Gasteiger partial charge in [0.25, 0.3) is 0 Å². The van der Waals surface area contributed by atoms with Gasteiger partial charge in [-0.25, -0.2) is 0 Å². The number of carbonyl (C=O) groups is 1. The third-order valence-corrected chi connectivity index (χ3v) is 5.31. The van der Waals surface area contributed by atoms with Gasteiger partial charge >= 0.3 is 0 Å². The van der Waals surface area contributed by atoms with Crippen LogP contribution in [0.15, 0.2) is 30.3 Å². The van der Waals surface area contributed by atoms with Crippen LogP contribution in [0.3, 0.4) is 0 Å². The largest absolute Gasteiger partial charge is 0.496 e. The highest BCUT2D eigenvalue weighted by atomic mass is 35.5. The van der Waals surface area contributed by atoms with Crippen LogP contribution in [0.4, 0.5) is 0 Å². The maximum Gasteiger partial charge on any atom is 0.220 e. The molecule has 0 saturated heterocycles. The number of hydrogen-bond donors (Lipinski definition) is 1. The molecular weight excluding hydrogens is 381 g/mol. The van der Waals surface area contributed by atoms with Crippen molar-refractivity contribution >= 4 is 29.1 Å². The molecule has 2 aromatic carbocycles. The Hall–Kier alpha value is -1.71. The molecule has 1 atom stereocenters. The van der Waals surface area contributed by atoms with Gasteiger partial charge in [-0.2, -0.15) is 0 Å².